The van der Waals surface area contributed by atoms with Crippen molar-refractivity contribution in [1.82, 2.24) is 5.32 Å². The molecule has 0 aliphatic carbocycles. The summed E-state index contributed by atoms with van der Waals surface area (Å²) in [7, 11) is 1.79. The van der Waals surface area contributed by atoms with Crippen LogP contribution in [0.3, 0.4) is 0 Å². The number of halogens is 1. The monoisotopic (exact) mass is 404 g/mol. The summed E-state index contributed by atoms with van der Waals surface area (Å²) in [6.07, 6.45) is 0. The molecule has 0 spiro atoms. The van der Waals surface area contributed by atoms with E-state index in [0.29, 0.717) is 23.9 Å². The van der Waals surface area contributed by atoms with Crippen LogP contribution in [0.25, 0.3) is 0 Å². The van der Waals surface area contributed by atoms with Crippen molar-refractivity contribution in [1.29, 1.82) is 0 Å². The second kappa shape index (κ2) is 10.7. The molecule has 0 saturated heterocycles. The number of carbonyl (C=O) groups is 2. The third-order valence-corrected chi connectivity index (χ3v) is 4.41. The third-order valence-electron chi connectivity index (χ3n) is 4.08. The smallest absolute Gasteiger partial charge is 0.279 e. The Morgan fingerprint density at radius 2 is 1.79 bits per heavy atom. The summed E-state index contributed by atoms with van der Waals surface area (Å²) in [6.45, 7) is 5.18. The minimum Gasteiger partial charge on any atom is -0.491 e. The molecule has 3 N–H and O–H groups in total. The van der Waals surface area contributed by atoms with E-state index < -0.39 is 0 Å². The molecule has 0 fully saturated rings. The molecule has 7 heteroatoms. The predicted molar refractivity (Wildman–Crippen MR) is 111 cm³/mol. The van der Waals surface area contributed by atoms with Gasteiger partial charge in [-0.25, -0.2) is 0 Å². The lowest BCUT2D eigenvalue weighted by Crippen LogP contribution is -3.11. The molecule has 6 nitrogen and oxygen atoms in total. The number of hydrogen-bond donors (Lipinski definition) is 3. The molecule has 0 aliphatic heterocycles. The maximum atomic E-state index is 12.1. The number of carbonyl (C=O) groups excluding carboxylic acids is 2. The van der Waals surface area contributed by atoms with Gasteiger partial charge in [0, 0.05) is 0 Å². The highest BCUT2D eigenvalue weighted by Crippen LogP contribution is 2.20. The van der Waals surface area contributed by atoms with Gasteiger partial charge in [-0.3, -0.25) is 9.59 Å². The number of quaternary nitrogens is 1. The van der Waals surface area contributed by atoms with Gasteiger partial charge in [-0.05, 0) is 37.6 Å². The molecular formula is C21H27ClN3O3+. The van der Waals surface area contributed by atoms with Crippen LogP contribution in [0.2, 0.25) is 5.02 Å². The normalized spacial score (nSPS) is 11.6. The highest BCUT2D eigenvalue weighted by molar-refractivity contribution is 6.33. The van der Waals surface area contributed by atoms with Crippen LogP contribution in [-0.4, -0.2) is 45.1 Å². The van der Waals surface area contributed by atoms with Crippen LogP contribution in [0.1, 0.15) is 11.1 Å². The molecule has 0 radical (unpaired) electrons. The average molecular weight is 405 g/mol. The van der Waals surface area contributed by atoms with Crippen molar-refractivity contribution in [3.63, 3.8) is 0 Å². The first kappa shape index (κ1) is 21.7. The molecule has 2 aromatic carbocycles. The van der Waals surface area contributed by atoms with Crippen LogP contribution in [0.4, 0.5) is 5.69 Å². The molecule has 1 atom stereocenters. The first-order valence-corrected chi connectivity index (χ1v) is 9.55. The zero-order chi connectivity index (χ0) is 20.5. The lowest BCUT2D eigenvalue weighted by molar-refractivity contribution is -0.862. The van der Waals surface area contributed by atoms with E-state index >= 15 is 0 Å². The average Bonchev–Trinajstić information content (AvgIpc) is 2.62. The maximum Gasteiger partial charge on any atom is 0.279 e. The largest absolute Gasteiger partial charge is 0.491 e. The van der Waals surface area contributed by atoms with Gasteiger partial charge in [-0.2, -0.15) is 0 Å². The lowest BCUT2D eigenvalue weighted by Gasteiger charge is -2.14. The summed E-state index contributed by atoms with van der Waals surface area (Å²) in [5, 5.41) is 6.04. The standard InChI is InChI=1S/C21H26ClN3O3/c1-15-8-9-19(16(2)12-15)28-11-10-23-20(26)13-25(3)14-21(27)24-18-7-5-4-6-17(18)22/h4-9,12H,10-11,13-14H2,1-3H3,(H,23,26)(H,24,27)/p+1. The van der Waals surface area contributed by atoms with E-state index in [1.165, 1.54) is 5.56 Å². The summed E-state index contributed by atoms with van der Waals surface area (Å²) in [5.41, 5.74) is 2.82. The van der Waals surface area contributed by atoms with E-state index in [-0.39, 0.29) is 24.9 Å². The topological polar surface area (TPSA) is 71.9 Å². The molecule has 0 heterocycles. The summed E-state index contributed by atoms with van der Waals surface area (Å²) in [5.74, 6) is 0.489. The Morgan fingerprint density at radius 1 is 1.07 bits per heavy atom. The Labute approximate surface area is 170 Å². The van der Waals surface area contributed by atoms with Crippen LogP contribution in [-0.2, 0) is 9.59 Å². The number of anilines is 1. The highest BCUT2D eigenvalue weighted by Gasteiger charge is 2.15. The zero-order valence-electron chi connectivity index (χ0n) is 16.5. The van der Waals surface area contributed by atoms with E-state index in [0.717, 1.165) is 16.2 Å². The molecule has 28 heavy (non-hydrogen) atoms. The molecular weight excluding hydrogens is 378 g/mol. The van der Waals surface area contributed by atoms with Gasteiger partial charge in [0.1, 0.15) is 12.4 Å². The number of nitrogens with one attached hydrogen (secondary N) is 3. The van der Waals surface area contributed by atoms with Gasteiger partial charge in [-0.1, -0.05) is 41.4 Å². The number of ether oxygens (including phenoxy) is 1. The summed E-state index contributed by atoms with van der Waals surface area (Å²) >= 11 is 6.02. The number of para-hydroxylation sites is 1. The molecule has 0 bridgehead atoms. The van der Waals surface area contributed by atoms with Crippen molar-refractivity contribution < 1.29 is 19.2 Å². The van der Waals surface area contributed by atoms with E-state index in [2.05, 4.69) is 16.7 Å². The van der Waals surface area contributed by atoms with Crippen molar-refractivity contribution in [2.24, 2.45) is 0 Å². The Kier molecular flexibility index (Phi) is 8.29. The van der Waals surface area contributed by atoms with Gasteiger partial charge in [0.05, 0.1) is 24.3 Å². The van der Waals surface area contributed by atoms with Crippen molar-refractivity contribution in [3.05, 3.63) is 58.6 Å². The van der Waals surface area contributed by atoms with Gasteiger partial charge < -0.3 is 20.3 Å². The molecule has 150 valence electrons. The van der Waals surface area contributed by atoms with Gasteiger partial charge >= 0.3 is 0 Å². The minimum absolute atomic E-state index is 0.132. The number of hydrogen-bond acceptors (Lipinski definition) is 3. The molecule has 0 aliphatic rings. The van der Waals surface area contributed by atoms with Crippen molar-refractivity contribution in [2.45, 2.75) is 13.8 Å². The van der Waals surface area contributed by atoms with Gasteiger partial charge in [0.25, 0.3) is 11.8 Å². The first-order valence-electron chi connectivity index (χ1n) is 9.17. The van der Waals surface area contributed by atoms with Crippen LogP contribution in [0.15, 0.2) is 42.5 Å². The first-order chi connectivity index (χ1) is 13.3. The summed E-state index contributed by atoms with van der Waals surface area (Å²) in [6, 6.07) is 13.0. The number of benzene rings is 2. The van der Waals surface area contributed by atoms with Crippen LogP contribution in [0, 0.1) is 13.8 Å². The third kappa shape index (κ3) is 7.21. The number of rotatable bonds is 9. The van der Waals surface area contributed by atoms with Crippen LogP contribution < -0.4 is 20.3 Å². The second-order valence-corrected chi connectivity index (χ2v) is 7.21. The van der Waals surface area contributed by atoms with Crippen molar-refractivity contribution >= 4 is 29.1 Å². The fraction of sp³-hybridized carbons (Fsp3) is 0.333. The van der Waals surface area contributed by atoms with Gasteiger partial charge in [0.15, 0.2) is 13.1 Å². The van der Waals surface area contributed by atoms with E-state index in [1.54, 1.807) is 31.3 Å². The number of likely N-dealkylation sites (N-methyl/N-ethyl adjacent to an activating group) is 1. The Hall–Kier alpha value is -2.57. The Bertz CT molecular complexity index is 826. The number of aryl methyl sites for hydroxylation is 2. The van der Waals surface area contributed by atoms with Crippen molar-refractivity contribution in [3.8, 4) is 5.75 Å². The van der Waals surface area contributed by atoms with Gasteiger partial charge in [0.2, 0.25) is 0 Å². The molecule has 0 aromatic heterocycles. The van der Waals surface area contributed by atoms with Crippen molar-refractivity contribution in [2.75, 3.05) is 38.6 Å². The molecule has 2 aromatic rings. The van der Waals surface area contributed by atoms with Crippen LogP contribution in [0.5, 0.6) is 5.75 Å². The maximum absolute atomic E-state index is 12.1. The molecule has 1 unspecified atom stereocenters. The summed E-state index contributed by atoms with van der Waals surface area (Å²) in [4.78, 5) is 24.9. The fourth-order valence-electron chi connectivity index (χ4n) is 2.74. The molecule has 2 amide bonds. The quantitative estimate of drug-likeness (QED) is 0.556. The fourth-order valence-corrected chi connectivity index (χ4v) is 2.93. The highest BCUT2D eigenvalue weighted by atomic mass is 35.5. The van der Waals surface area contributed by atoms with E-state index in [1.807, 2.05) is 26.0 Å². The molecule has 2 rings (SSSR count). The SMILES string of the molecule is Cc1ccc(OCCNC(=O)C[NH+](C)CC(=O)Nc2ccccc2Cl)c(C)c1. The van der Waals surface area contributed by atoms with E-state index in [9.17, 15) is 9.59 Å². The zero-order valence-corrected chi connectivity index (χ0v) is 17.2. The van der Waals surface area contributed by atoms with Crippen LogP contribution >= 0.6 is 11.6 Å². The number of amides is 2. The van der Waals surface area contributed by atoms with E-state index in [4.69, 9.17) is 16.3 Å². The molecule has 0 saturated carbocycles. The Morgan fingerprint density at radius 3 is 2.50 bits per heavy atom. The predicted octanol–water partition coefficient (Wildman–Crippen LogP) is 1.61. The lowest BCUT2D eigenvalue weighted by atomic mass is 10.1. The summed E-state index contributed by atoms with van der Waals surface area (Å²) < 4.78 is 5.69. The Balaban J connectivity index is 1.66. The minimum atomic E-state index is -0.198. The van der Waals surface area contributed by atoms with Gasteiger partial charge in [-0.15, -0.1) is 0 Å². The second-order valence-electron chi connectivity index (χ2n) is 6.81.